The Hall–Kier alpha value is 0.530. The van der Waals surface area contributed by atoms with E-state index in [1.807, 2.05) is 22.6 Å². The summed E-state index contributed by atoms with van der Waals surface area (Å²) < 4.78 is 9.80. The molecule has 0 aromatic carbocycles. The molecule has 0 bridgehead atoms. The van der Waals surface area contributed by atoms with Crippen LogP contribution in [0, 0.1) is 0 Å². The van der Waals surface area contributed by atoms with Gasteiger partial charge in [-0.25, -0.2) is 0 Å². The normalized spacial score (nSPS) is 42.2. The third-order valence-corrected chi connectivity index (χ3v) is 3.08. The van der Waals surface area contributed by atoms with Gasteiger partial charge in [-0.2, -0.15) is 0 Å². The Morgan fingerprint density at radius 2 is 2.23 bits per heavy atom. The summed E-state index contributed by atoms with van der Waals surface area (Å²) in [5.74, 6) is 0. The van der Waals surface area contributed by atoms with Crippen LogP contribution in [0.2, 0.25) is 0 Å². The molecule has 0 aromatic rings. The van der Waals surface area contributed by atoms with E-state index in [0.29, 0.717) is 0 Å². The Kier molecular flexibility index (Phi) is 4.33. The van der Waals surface area contributed by atoms with E-state index in [-0.39, 0.29) is 0 Å². The van der Waals surface area contributed by atoms with Gasteiger partial charge in [-0.15, -0.1) is 0 Å². The molecule has 0 spiro atoms. The van der Waals surface area contributed by atoms with Crippen LogP contribution in [-0.2, 0) is 9.47 Å². The Balaban J connectivity index is 2.64. The predicted octanol–water partition coefficient (Wildman–Crippen LogP) is -1.12. The van der Waals surface area contributed by atoms with Crippen molar-refractivity contribution in [2.75, 3.05) is 13.7 Å². The molecule has 0 aliphatic carbocycles. The maximum atomic E-state index is 9.52. The van der Waals surface area contributed by atoms with Crippen LogP contribution < -0.4 is 0 Å². The van der Waals surface area contributed by atoms with Gasteiger partial charge in [-0.05, 0) is 22.6 Å². The van der Waals surface area contributed by atoms with Crippen LogP contribution in [0.1, 0.15) is 0 Å². The van der Waals surface area contributed by atoms with Gasteiger partial charge in [0, 0.05) is 7.11 Å². The summed E-state index contributed by atoms with van der Waals surface area (Å²) in [7, 11) is 1.43. The first-order chi connectivity index (χ1) is 6.11. The highest BCUT2D eigenvalue weighted by Crippen LogP contribution is 2.29. The molecule has 2 unspecified atom stereocenters. The first-order valence-corrected chi connectivity index (χ1v) is 5.15. The summed E-state index contributed by atoms with van der Waals surface area (Å²) >= 11 is 1.92. The molecular weight excluding hydrogens is 291 g/mol. The zero-order valence-electron chi connectivity index (χ0n) is 7.13. The van der Waals surface area contributed by atoms with Crippen molar-refractivity contribution in [2.45, 2.75) is 28.5 Å². The molecule has 0 amide bonds. The Labute approximate surface area is 89.8 Å². The SMILES string of the molecule is COC1C(O)[C@H](I)O[C@H]1[C@H](O)CO. The van der Waals surface area contributed by atoms with Crippen molar-refractivity contribution in [3.05, 3.63) is 0 Å². The monoisotopic (exact) mass is 304 g/mol. The molecule has 1 aliphatic heterocycles. The molecule has 0 radical (unpaired) electrons. The zero-order chi connectivity index (χ0) is 10.0. The molecule has 1 fully saturated rings. The summed E-state index contributed by atoms with van der Waals surface area (Å²) in [6.07, 6.45) is -3.02. The molecule has 0 aromatic heterocycles. The lowest BCUT2D eigenvalue weighted by atomic mass is 10.1. The van der Waals surface area contributed by atoms with Crippen LogP contribution in [0.5, 0.6) is 0 Å². The Bertz CT molecular complexity index is 167. The number of aliphatic hydroxyl groups excluding tert-OH is 3. The van der Waals surface area contributed by atoms with Gasteiger partial charge in [0.05, 0.1) is 6.61 Å². The fraction of sp³-hybridized carbons (Fsp3) is 1.00. The van der Waals surface area contributed by atoms with E-state index in [4.69, 9.17) is 14.6 Å². The van der Waals surface area contributed by atoms with Crippen molar-refractivity contribution in [2.24, 2.45) is 0 Å². The van der Waals surface area contributed by atoms with Gasteiger partial charge in [0.2, 0.25) is 0 Å². The van der Waals surface area contributed by atoms with Crippen molar-refractivity contribution in [3.8, 4) is 0 Å². The number of alkyl halides is 1. The fourth-order valence-electron chi connectivity index (χ4n) is 1.34. The van der Waals surface area contributed by atoms with Crippen LogP contribution in [0.3, 0.4) is 0 Å². The average Bonchev–Trinajstić information content (AvgIpc) is 2.42. The lowest BCUT2D eigenvalue weighted by molar-refractivity contribution is -0.0819. The number of hydrogen-bond donors (Lipinski definition) is 3. The summed E-state index contributed by atoms with van der Waals surface area (Å²) in [6, 6.07) is 0. The molecule has 5 atom stereocenters. The predicted molar refractivity (Wildman–Crippen MR) is 52.6 cm³/mol. The number of aliphatic hydroxyl groups is 3. The van der Waals surface area contributed by atoms with E-state index in [0.717, 1.165) is 0 Å². The Morgan fingerprint density at radius 3 is 2.69 bits per heavy atom. The molecule has 1 aliphatic rings. The highest BCUT2D eigenvalue weighted by Gasteiger charge is 2.45. The minimum absolute atomic E-state index is 0.402. The van der Waals surface area contributed by atoms with Gasteiger partial charge >= 0.3 is 0 Å². The molecular formula is C7H13IO5. The molecule has 3 N–H and O–H groups in total. The molecule has 1 saturated heterocycles. The van der Waals surface area contributed by atoms with E-state index in [1.54, 1.807) is 0 Å². The molecule has 6 heteroatoms. The second kappa shape index (κ2) is 4.85. The van der Waals surface area contributed by atoms with Crippen molar-refractivity contribution in [1.82, 2.24) is 0 Å². The number of ether oxygens (including phenoxy) is 2. The summed E-state index contributed by atoms with van der Waals surface area (Å²) in [4.78, 5) is 0. The Morgan fingerprint density at radius 1 is 1.62 bits per heavy atom. The van der Waals surface area contributed by atoms with Crippen molar-refractivity contribution >= 4 is 22.6 Å². The fourth-order valence-corrected chi connectivity index (χ4v) is 2.09. The van der Waals surface area contributed by atoms with Crippen LogP contribution in [-0.4, -0.2) is 57.6 Å². The third kappa shape index (κ3) is 2.31. The van der Waals surface area contributed by atoms with Gasteiger partial charge < -0.3 is 24.8 Å². The lowest BCUT2D eigenvalue weighted by Crippen LogP contribution is -2.41. The number of methoxy groups -OCH3 is 1. The molecule has 1 rings (SSSR count). The number of hydrogen-bond acceptors (Lipinski definition) is 5. The van der Waals surface area contributed by atoms with Gasteiger partial charge in [-0.1, -0.05) is 0 Å². The summed E-state index contributed by atoms with van der Waals surface area (Å²) in [6.45, 7) is -0.402. The van der Waals surface area contributed by atoms with Crippen molar-refractivity contribution < 1.29 is 24.8 Å². The average molecular weight is 304 g/mol. The zero-order valence-corrected chi connectivity index (χ0v) is 9.29. The van der Waals surface area contributed by atoms with Crippen molar-refractivity contribution in [1.29, 1.82) is 0 Å². The van der Waals surface area contributed by atoms with Crippen LogP contribution >= 0.6 is 22.6 Å². The second-order valence-corrected chi connectivity index (χ2v) is 4.12. The number of rotatable bonds is 3. The lowest BCUT2D eigenvalue weighted by Gasteiger charge is -2.21. The minimum atomic E-state index is -1.01. The molecule has 0 saturated carbocycles. The minimum Gasteiger partial charge on any atom is -0.394 e. The van der Waals surface area contributed by atoms with Gasteiger partial charge in [-0.3, -0.25) is 0 Å². The van der Waals surface area contributed by atoms with Gasteiger partial charge in [0.1, 0.15) is 28.5 Å². The first kappa shape index (κ1) is 11.6. The van der Waals surface area contributed by atoms with E-state index in [2.05, 4.69) is 0 Å². The topological polar surface area (TPSA) is 79.2 Å². The van der Waals surface area contributed by atoms with Gasteiger partial charge in [0.25, 0.3) is 0 Å². The molecule has 1 heterocycles. The molecule has 5 nitrogen and oxygen atoms in total. The molecule has 78 valence electrons. The van der Waals surface area contributed by atoms with E-state index in [1.165, 1.54) is 7.11 Å². The van der Waals surface area contributed by atoms with E-state index >= 15 is 0 Å². The smallest absolute Gasteiger partial charge is 0.137 e. The maximum Gasteiger partial charge on any atom is 0.137 e. The summed E-state index contributed by atoms with van der Waals surface area (Å²) in [5.41, 5.74) is 0. The molecule has 13 heavy (non-hydrogen) atoms. The maximum absolute atomic E-state index is 9.52. The highest BCUT2D eigenvalue weighted by atomic mass is 127. The third-order valence-electron chi connectivity index (χ3n) is 2.05. The largest absolute Gasteiger partial charge is 0.394 e. The van der Waals surface area contributed by atoms with Crippen LogP contribution in [0.15, 0.2) is 0 Å². The van der Waals surface area contributed by atoms with Gasteiger partial charge in [0.15, 0.2) is 0 Å². The van der Waals surface area contributed by atoms with Crippen LogP contribution in [0.4, 0.5) is 0 Å². The quantitative estimate of drug-likeness (QED) is 0.454. The highest BCUT2D eigenvalue weighted by molar-refractivity contribution is 14.1. The second-order valence-electron chi connectivity index (χ2n) is 2.89. The van der Waals surface area contributed by atoms with E-state index < -0.39 is 35.1 Å². The van der Waals surface area contributed by atoms with Crippen LogP contribution in [0.25, 0.3) is 0 Å². The number of halogens is 1. The first-order valence-electron chi connectivity index (χ1n) is 3.91. The van der Waals surface area contributed by atoms with Crippen molar-refractivity contribution in [3.63, 3.8) is 0 Å². The standard InChI is InChI=1S/C7H13IO5/c1-12-6-4(11)7(8)13-5(6)3(10)2-9/h3-7,9-11H,2H2,1H3/t3-,4?,5+,6?,7-/m1/s1. The summed E-state index contributed by atoms with van der Waals surface area (Å²) in [5, 5.41) is 27.6. The van der Waals surface area contributed by atoms with E-state index in [9.17, 15) is 10.2 Å².